The lowest BCUT2D eigenvalue weighted by molar-refractivity contribution is -0.123. The number of nitrogens with one attached hydrogen (secondary N) is 3. The molecule has 0 bridgehead atoms. The standard InChI is InChI=1S/C31H44N6O2S/c1-21(2)16-27(30(39)33-14-15-37(19-22(3)4)20-23(5)6)36-29(38)25-11-9-24(10-12-25)28-18-34-31(40-28)35-26-8-7-13-32-17-26/h7-13,17-18,21-23,27H,14-16,19-20H2,1-6H3,(H,33,39)(H,34,35)(H,36,38)/t27-/m0/s1. The van der Waals surface area contributed by atoms with Gasteiger partial charge in [-0.3, -0.25) is 14.6 Å². The van der Waals surface area contributed by atoms with Gasteiger partial charge in [-0.05, 0) is 54.0 Å². The predicted octanol–water partition coefficient (Wildman–Crippen LogP) is 5.82. The summed E-state index contributed by atoms with van der Waals surface area (Å²) < 4.78 is 0. The number of benzene rings is 1. The number of rotatable bonds is 15. The Morgan fingerprint density at radius 3 is 2.23 bits per heavy atom. The molecule has 8 nitrogen and oxygen atoms in total. The van der Waals surface area contributed by atoms with E-state index in [1.165, 1.54) is 11.3 Å². The molecule has 0 aliphatic heterocycles. The van der Waals surface area contributed by atoms with Gasteiger partial charge < -0.3 is 20.9 Å². The number of amides is 2. The van der Waals surface area contributed by atoms with E-state index in [0.717, 1.165) is 40.9 Å². The van der Waals surface area contributed by atoms with Gasteiger partial charge in [0.1, 0.15) is 6.04 Å². The Balaban J connectivity index is 1.58. The van der Waals surface area contributed by atoms with Gasteiger partial charge in [0.05, 0.1) is 16.8 Å². The first-order valence-electron chi connectivity index (χ1n) is 14.1. The monoisotopic (exact) mass is 564 g/mol. The molecule has 0 saturated carbocycles. The minimum Gasteiger partial charge on any atom is -0.353 e. The smallest absolute Gasteiger partial charge is 0.251 e. The lowest BCUT2D eigenvalue weighted by Crippen LogP contribution is -2.49. The Morgan fingerprint density at radius 2 is 1.62 bits per heavy atom. The largest absolute Gasteiger partial charge is 0.353 e. The van der Waals surface area contributed by atoms with Crippen LogP contribution in [-0.2, 0) is 4.79 Å². The molecule has 2 heterocycles. The van der Waals surface area contributed by atoms with E-state index < -0.39 is 6.04 Å². The highest BCUT2D eigenvalue weighted by molar-refractivity contribution is 7.18. The van der Waals surface area contributed by atoms with Gasteiger partial charge in [-0.25, -0.2) is 4.98 Å². The molecule has 0 saturated heterocycles. The molecule has 3 rings (SSSR count). The maximum absolute atomic E-state index is 13.1. The topological polar surface area (TPSA) is 99.2 Å². The first kappa shape index (κ1) is 31.2. The van der Waals surface area contributed by atoms with Crippen LogP contribution in [0, 0.1) is 17.8 Å². The molecule has 0 aliphatic rings. The fourth-order valence-corrected chi connectivity index (χ4v) is 5.35. The van der Waals surface area contributed by atoms with Crippen LogP contribution in [0.25, 0.3) is 10.4 Å². The second kappa shape index (κ2) is 15.5. The van der Waals surface area contributed by atoms with Crippen LogP contribution in [0.5, 0.6) is 0 Å². The maximum Gasteiger partial charge on any atom is 0.251 e. The van der Waals surface area contributed by atoms with E-state index in [4.69, 9.17) is 0 Å². The summed E-state index contributed by atoms with van der Waals surface area (Å²) in [4.78, 5) is 38.1. The van der Waals surface area contributed by atoms with Gasteiger partial charge in [-0.1, -0.05) is 65.0 Å². The van der Waals surface area contributed by atoms with E-state index in [2.05, 4.69) is 72.4 Å². The summed E-state index contributed by atoms with van der Waals surface area (Å²) in [6.45, 7) is 16.3. The van der Waals surface area contributed by atoms with Crippen LogP contribution < -0.4 is 16.0 Å². The second-order valence-corrected chi connectivity index (χ2v) is 12.5. The van der Waals surface area contributed by atoms with Crippen molar-refractivity contribution in [1.82, 2.24) is 25.5 Å². The summed E-state index contributed by atoms with van der Waals surface area (Å²) in [6, 6.07) is 10.6. The number of carbonyl (C=O) groups is 2. The van der Waals surface area contributed by atoms with E-state index in [-0.39, 0.29) is 17.7 Å². The number of hydrogen-bond donors (Lipinski definition) is 3. The fraction of sp³-hybridized carbons (Fsp3) is 0.484. The molecule has 9 heteroatoms. The Morgan fingerprint density at radius 1 is 0.925 bits per heavy atom. The van der Waals surface area contributed by atoms with Crippen molar-refractivity contribution in [3.05, 3.63) is 60.6 Å². The minimum absolute atomic E-state index is 0.133. The zero-order valence-corrected chi connectivity index (χ0v) is 25.4. The van der Waals surface area contributed by atoms with Crippen LogP contribution in [-0.4, -0.2) is 58.9 Å². The van der Waals surface area contributed by atoms with Crippen LogP contribution in [0.3, 0.4) is 0 Å². The summed E-state index contributed by atoms with van der Waals surface area (Å²) in [7, 11) is 0. The molecule has 2 aromatic heterocycles. The minimum atomic E-state index is -0.585. The summed E-state index contributed by atoms with van der Waals surface area (Å²) in [5, 5.41) is 10.0. The van der Waals surface area contributed by atoms with E-state index in [1.807, 2.05) is 30.5 Å². The molecular weight excluding hydrogens is 520 g/mol. The number of anilines is 2. The summed E-state index contributed by atoms with van der Waals surface area (Å²) in [6.07, 6.45) is 5.86. The molecule has 0 radical (unpaired) electrons. The van der Waals surface area contributed by atoms with E-state index in [1.54, 1.807) is 24.5 Å². The van der Waals surface area contributed by atoms with Gasteiger partial charge in [-0.2, -0.15) is 0 Å². The molecule has 3 aromatic rings. The summed E-state index contributed by atoms with van der Waals surface area (Å²) in [5.74, 6) is 1.01. The normalized spacial score (nSPS) is 12.2. The Labute approximate surface area is 243 Å². The van der Waals surface area contributed by atoms with Crippen molar-refractivity contribution in [1.29, 1.82) is 0 Å². The highest BCUT2D eigenvalue weighted by atomic mass is 32.1. The second-order valence-electron chi connectivity index (χ2n) is 11.5. The summed E-state index contributed by atoms with van der Waals surface area (Å²) >= 11 is 1.53. The number of carbonyl (C=O) groups excluding carboxylic acids is 2. The van der Waals surface area contributed by atoms with Gasteiger partial charge in [0.25, 0.3) is 5.91 Å². The Kier molecular flexibility index (Phi) is 12.1. The van der Waals surface area contributed by atoms with Crippen LogP contribution in [0.2, 0.25) is 0 Å². The zero-order chi connectivity index (χ0) is 29.1. The third-order valence-corrected chi connectivity index (χ3v) is 7.11. The molecule has 1 atom stereocenters. The molecule has 216 valence electrons. The fourth-order valence-electron chi connectivity index (χ4n) is 4.51. The van der Waals surface area contributed by atoms with Gasteiger partial charge >= 0.3 is 0 Å². The SMILES string of the molecule is CC(C)C[C@H](NC(=O)c1ccc(-c2cnc(Nc3cccnc3)s2)cc1)C(=O)NCCN(CC(C)C)CC(C)C. The van der Waals surface area contributed by atoms with Crippen LogP contribution >= 0.6 is 11.3 Å². The highest BCUT2D eigenvalue weighted by Crippen LogP contribution is 2.30. The maximum atomic E-state index is 13.1. The van der Waals surface area contributed by atoms with Gasteiger partial charge in [-0.15, -0.1) is 0 Å². The van der Waals surface area contributed by atoms with E-state index in [9.17, 15) is 9.59 Å². The van der Waals surface area contributed by atoms with E-state index in [0.29, 0.717) is 30.4 Å². The van der Waals surface area contributed by atoms with Gasteiger partial charge in [0, 0.05) is 44.1 Å². The first-order chi connectivity index (χ1) is 19.1. The van der Waals surface area contributed by atoms with Crippen molar-refractivity contribution in [2.75, 3.05) is 31.5 Å². The molecule has 3 N–H and O–H groups in total. The van der Waals surface area contributed by atoms with Gasteiger partial charge in [0.15, 0.2) is 5.13 Å². The quantitative estimate of drug-likeness (QED) is 0.215. The van der Waals surface area contributed by atoms with Crippen LogP contribution in [0.1, 0.15) is 58.3 Å². The van der Waals surface area contributed by atoms with Crippen molar-refractivity contribution < 1.29 is 9.59 Å². The number of hydrogen-bond acceptors (Lipinski definition) is 7. The first-order valence-corrected chi connectivity index (χ1v) is 15.0. The Hall–Kier alpha value is -3.30. The van der Waals surface area contributed by atoms with Crippen molar-refractivity contribution in [3.8, 4) is 10.4 Å². The number of pyridine rings is 1. The molecule has 0 aliphatic carbocycles. The molecular formula is C31H44N6O2S. The van der Waals surface area contributed by atoms with Crippen LogP contribution in [0.15, 0.2) is 55.0 Å². The van der Waals surface area contributed by atoms with Gasteiger partial charge in [0.2, 0.25) is 5.91 Å². The highest BCUT2D eigenvalue weighted by Gasteiger charge is 2.23. The lowest BCUT2D eigenvalue weighted by Gasteiger charge is -2.27. The van der Waals surface area contributed by atoms with Crippen molar-refractivity contribution >= 4 is 34.0 Å². The van der Waals surface area contributed by atoms with Crippen molar-refractivity contribution in [3.63, 3.8) is 0 Å². The molecule has 0 unspecified atom stereocenters. The number of aromatic nitrogens is 2. The number of nitrogens with zero attached hydrogens (tertiary/aromatic N) is 3. The third-order valence-electron chi connectivity index (χ3n) is 6.15. The average Bonchev–Trinajstić information content (AvgIpc) is 3.36. The third kappa shape index (κ3) is 10.4. The lowest BCUT2D eigenvalue weighted by atomic mass is 10.0. The number of thiazole rings is 1. The van der Waals surface area contributed by atoms with Crippen molar-refractivity contribution in [2.24, 2.45) is 17.8 Å². The Bertz CT molecular complexity index is 1180. The van der Waals surface area contributed by atoms with Crippen molar-refractivity contribution in [2.45, 2.75) is 54.0 Å². The van der Waals surface area contributed by atoms with Crippen LogP contribution in [0.4, 0.5) is 10.8 Å². The average molecular weight is 565 g/mol. The molecule has 2 amide bonds. The predicted molar refractivity (Wildman–Crippen MR) is 165 cm³/mol. The summed E-state index contributed by atoms with van der Waals surface area (Å²) in [5.41, 5.74) is 2.36. The zero-order valence-electron chi connectivity index (χ0n) is 24.6. The molecule has 1 aromatic carbocycles. The molecule has 0 fully saturated rings. The molecule has 40 heavy (non-hydrogen) atoms. The molecule has 0 spiro atoms. The van der Waals surface area contributed by atoms with E-state index >= 15 is 0 Å².